The molecule has 8 heteroatoms. The quantitative estimate of drug-likeness (QED) is 0.463. The van der Waals surface area contributed by atoms with Crippen LogP contribution in [0.3, 0.4) is 0 Å². The summed E-state index contributed by atoms with van der Waals surface area (Å²) in [7, 11) is 0. The number of nitrogens with zero attached hydrogens (tertiary/aromatic N) is 5. The van der Waals surface area contributed by atoms with E-state index in [4.69, 9.17) is 4.74 Å². The number of phenols is 1. The minimum Gasteiger partial charge on any atom is -0.508 e. The molecule has 2 aromatic heterocycles. The van der Waals surface area contributed by atoms with Crippen LogP contribution in [0.1, 0.15) is 11.5 Å². The molecule has 0 aliphatic heterocycles. The van der Waals surface area contributed by atoms with Gasteiger partial charge in [-0.3, -0.25) is 9.36 Å². The lowest BCUT2D eigenvalue weighted by Crippen LogP contribution is -2.22. The van der Waals surface area contributed by atoms with E-state index in [1.807, 2.05) is 42.5 Å². The monoisotopic (exact) mass is 425 g/mol. The van der Waals surface area contributed by atoms with E-state index in [9.17, 15) is 9.90 Å². The van der Waals surface area contributed by atoms with Gasteiger partial charge in [-0.2, -0.15) is 0 Å². The van der Waals surface area contributed by atoms with Crippen LogP contribution in [0.5, 0.6) is 11.5 Å². The van der Waals surface area contributed by atoms with Crippen LogP contribution in [0.2, 0.25) is 0 Å². The zero-order valence-corrected chi connectivity index (χ0v) is 17.2. The fourth-order valence-electron chi connectivity index (χ4n) is 3.54. The number of benzene rings is 3. The number of aromatic hydroxyl groups is 1. The Hall–Kier alpha value is -4.46. The normalized spacial score (nSPS) is 11.0. The highest BCUT2D eigenvalue weighted by atomic mass is 16.5. The van der Waals surface area contributed by atoms with Crippen LogP contribution < -0.4 is 10.3 Å². The first kappa shape index (κ1) is 19.5. The van der Waals surface area contributed by atoms with E-state index in [0.29, 0.717) is 39.5 Å². The van der Waals surface area contributed by atoms with E-state index in [1.165, 1.54) is 0 Å². The van der Waals surface area contributed by atoms with Gasteiger partial charge in [0.1, 0.15) is 29.6 Å². The van der Waals surface area contributed by atoms with E-state index in [-0.39, 0.29) is 17.9 Å². The smallest absolute Gasteiger partial charge is 0.265 e. The Balaban J connectivity index is 1.39. The molecule has 5 aromatic rings. The van der Waals surface area contributed by atoms with E-state index in [0.717, 1.165) is 0 Å². The van der Waals surface area contributed by atoms with Crippen molar-refractivity contribution < 1.29 is 9.84 Å². The molecule has 0 aliphatic rings. The molecule has 0 saturated carbocycles. The lowest BCUT2D eigenvalue weighted by Gasteiger charge is -2.12. The maximum Gasteiger partial charge on any atom is 0.265 e. The number of hydrogen-bond acceptors (Lipinski definition) is 6. The first-order valence-electron chi connectivity index (χ1n) is 10.0. The van der Waals surface area contributed by atoms with Crippen LogP contribution in [-0.4, -0.2) is 29.7 Å². The maximum atomic E-state index is 13.0. The van der Waals surface area contributed by atoms with Crippen LogP contribution >= 0.6 is 0 Å². The number of para-hydroxylation sites is 1. The Morgan fingerprint density at radius 1 is 0.969 bits per heavy atom. The van der Waals surface area contributed by atoms with Gasteiger partial charge in [0, 0.05) is 12.1 Å². The lowest BCUT2D eigenvalue weighted by atomic mass is 10.2. The van der Waals surface area contributed by atoms with Gasteiger partial charge in [-0.15, -0.1) is 5.10 Å². The van der Waals surface area contributed by atoms with E-state index >= 15 is 0 Å². The fourth-order valence-corrected chi connectivity index (χ4v) is 3.54. The van der Waals surface area contributed by atoms with Crippen LogP contribution in [-0.2, 0) is 6.61 Å². The number of aryl methyl sites for hydroxylation is 1. The predicted molar refractivity (Wildman–Crippen MR) is 119 cm³/mol. The van der Waals surface area contributed by atoms with Gasteiger partial charge in [0.15, 0.2) is 0 Å². The molecule has 0 bridgehead atoms. The van der Waals surface area contributed by atoms with Gasteiger partial charge in [-0.05, 0) is 43.3 Å². The van der Waals surface area contributed by atoms with Crippen molar-refractivity contribution in [1.82, 2.24) is 24.5 Å². The van der Waals surface area contributed by atoms with Gasteiger partial charge in [-0.1, -0.05) is 29.5 Å². The van der Waals surface area contributed by atoms with Crippen molar-refractivity contribution in [3.8, 4) is 22.9 Å². The molecule has 0 saturated heterocycles. The SMILES string of the molecule is Cc1nc2ccccc2c(=O)n1-c1cccc(OCc2cn(-c3cccc(O)c3)nn2)c1. The number of aromatic nitrogens is 5. The average Bonchev–Trinajstić information content (AvgIpc) is 3.27. The summed E-state index contributed by atoms with van der Waals surface area (Å²) in [6, 6.07) is 21.3. The van der Waals surface area contributed by atoms with Crippen molar-refractivity contribution in [2.45, 2.75) is 13.5 Å². The fraction of sp³-hybridized carbons (Fsp3) is 0.0833. The van der Waals surface area contributed by atoms with Crippen molar-refractivity contribution >= 4 is 10.9 Å². The minimum absolute atomic E-state index is 0.126. The Morgan fingerprint density at radius 2 is 1.78 bits per heavy atom. The molecule has 3 aromatic carbocycles. The Bertz CT molecular complexity index is 1490. The van der Waals surface area contributed by atoms with Crippen molar-refractivity contribution in [3.05, 3.63) is 101 Å². The largest absolute Gasteiger partial charge is 0.508 e. The van der Waals surface area contributed by atoms with Crippen LogP contribution in [0.4, 0.5) is 0 Å². The topological polar surface area (TPSA) is 95.1 Å². The Labute approximate surface area is 183 Å². The summed E-state index contributed by atoms with van der Waals surface area (Å²) in [6.07, 6.45) is 1.74. The summed E-state index contributed by atoms with van der Waals surface area (Å²) in [5, 5.41) is 18.4. The molecule has 1 N–H and O–H groups in total. The molecule has 0 spiro atoms. The summed E-state index contributed by atoms with van der Waals surface area (Å²) in [4.78, 5) is 17.6. The van der Waals surface area contributed by atoms with Crippen LogP contribution in [0, 0.1) is 6.92 Å². The van der Waals surface area contributed by atoms with Crippen molar-refractivity contribution in [3.63, 3.8) is 0 Å². The second-order valence-electron chi connectivity index (χ2n) is 7.28. The Kier molecular flexibility index (Phi) is 4.87. The van der Waals surface area contributed by atoms with Crippen LogP contribution in [0.15, 0.2) is 83.8 Å². The van der Waals surface area contributed by atoms with Gasteiger partial charge in [0.05, 0.1) is 28.5 Å². The first-order chi connectivity index (χ1) is 15.6. The highest BCUT2D eigenvalue weighted by Crippen LogP contribution is 2.20. The average molecular weight is 425 g/mol. The molecular formula is C24H19N5O3. The third-order valence-electron chi connectivity index (χ3n) is 5.04. The Morgan fingerprint density at radius 3 is 2.66 bits per heavy atom. The molecule has 0 amide bonds. The molecule has 5 rings (SSSR count). The molecule has 8 nitrogen and oxygen atoms in total. The standard InChI is InChI=1S/C24H19N5O3/c1-16-25-23-11-3-2-10-22(23)24(31)29(16)19-7-5-9-21(13-19)32-15-17-14-28(27-26-17)18-6-4-8-20(30)12-18/h2-14,30H,15H2,1H3. The predicted octanol–water partition coefficient (Wildman–Crippen LogP) is 3.56. The molecule has 2 heterocycles. The zero-order valence-electron chi connectivity index (χ0n) is 17.2. The van der Waals surface area contributed by atoms with Crippen molar-refractivity contribution in [1.29, 1.82) is 0 Å². The van der Waals surface area contributed by atoms with Crippen molar-refractivity contribution in [2.75, 3.05) is 0 Å². The van der Waals surface area contributed by atoms with E-state index in [1.54, 1.807) is 52.7 Å². The summed E-state index contributed by atoms with van der Waals surface area (Å²) in [5.74, 6) is 1.34. The van der Waals surface area contributed by atoms with Gasteiger partial charge in [0.2, 0.25) is 0 Å². The summed E-state index contributed by atoms with van der Waals surface area (Å²) < 4.78 is 9.04. The highest BCUT2D eigenvalue weighted by molar-refractivity contribution is 5.77. The number of rotatable bonds is 5. The molecule has 32 heavy (non-hydrogen) atoms. The summed E-state index contributed by atoms with van der Waals surface area (Å²) in [6.45, 7) is 2.01. The molecule has 0 radical (unpaired) electrons. The molecule has 158 valence electrons. The maximum absolute atomic E-state index is 13.0. The molecule has 0 unspecified atom stereocenters. The minimum atomic E-state index is -0.126. The van der Waals surface area contributed by atoms with Gasteiger partial charge in [-0.25, -0.2) is 9.67 Å². The summed E-state index contributed by atoms with van der Waals surface area (Å²) >= 11 is 0. The number of phenolic OH excluding ortho intramolecular Hbond substituents is 1. The van der Waals surface area contributed by atoms with E-state index < -0.39 is 0 Å². The summed E-state index contributed by atoms with van der Waals surface area (Å²) in [5.41, 5.74) is 2.54. The second kappa shape index (κ2) is 7.99. The molecule has 0 fully saturated rings. The first-order valence-corrected chi connectivity index (χ1v) is 10.0. The number of fused-ring (bicyclic) bond motifs is 1. The number of ether oxygens (including phenoxy) is 1. The third kappa shape index (κ3) is 3.69. The van der Waals surface area contributed by atoms with Crippen molar-refractivity contribution in [2.24, 2.45) is 0 Å². The molecular weight excluding hydrogens is 406 g/mol. The third-order valence-corrected chi connectivity index (χ3v) is 5.04. The van der Waals surface area contributed by atoms with Gasteiger partial charge >= 0.3 is 0 Å². The lowest BCUT2D eigenvalue weighted by molar-refractivity contribution is 0.301. The van der Waals surface area contributed by atoms with Gasteiger partial charge < -0.3 is 9.84 Å². The van der Waals surface area contributed by atoms with Gasteiger partial charge in [0.25, 0.3) is 5.56 Å². The second-order valence-corrected chi connectivity index (χ2v) is 7.28. The van der Waals surface area contributed by atoms with E-state index in [2.05, 4.69) is 15.3 Å². The number of hydrogen-bond donors (Lipinski definition) is 1. The van der Waals surface area contributed by atoms with Crippen LogP contribution in [0.25, 0.3) is 22.3 Å². The molecule has 0 aliphatic carbocycles. The molecule has 0 atom stereocenters. The highest BCUT2D eigenvalue weighted by Gasteiger charge is 2.11. The zero-order chi connectivity index (χ0) is 22.1.